The molecule has 0 saturated carbocycles. The van der Waals surface area contributed by atoms with E-state index >= 15 is 0 Å². The molecule has 0 radical (unpaired) electrons. The molecule has 32 heavy (non-hydrogen) atoms. The summed E-state index contributed by atoms with van der Waals surface area (Å²) in [5, 5.41) is 0. The number of hydrogen-bond acceptors (Lipinski definition) is 1. The molecule has 0 bridgehead atoms. The van der Waals surface area contributed by atoms with Gasteiger partial charge in [-0.15, -0.1) is 0 Å². The first-order valence-corrected chi connectivity index (χ1v) is 11.9. The van der Waals surface area contributed by atoms with Gasteiger partial charge in [0.05, 0.1) is 6.61 Å². The third-order valence-corrected chi connectivity index (χ3v) is 5.86. The van der Waals surface area contributed by atoms with Gasteiger partial charge in [-0.1, -0.05) is 94.5 Å². The lowest BCUT2D eigenvalue weighted by Gasteiger charge is -2.10. The van der Waals surface area contributed by atoms with Crippen molar-refractivity contribution in [1.29, 1.82) is 0 Å². The second-order valence-electron chi connectivity index (χ2n) is 8.37. The molecule has 0 aliphatic carbocycles. The molecule has 0 N–H and O–H groups in total. The minimum Gasteiger partial charge on any atom is -0.494 e. The van der Waals surface area contributed by atoms with Gasteiger partial charge in [-0.05, 0) is 53.6 Å². The zero-order valence-electron chi connectivity index (χ0n) is 19.3. The summed E-state index contributed by atoms with van der Waals surface area (Å²) in [6, 6.07) is 19.0. The summed E-state index contributed by atoms with van der Waals surface area (Å²) in [5.41, 5.74) is 3.54. The number of aryl methyl sites for hydroxylation is 1. The Morgan fingerprint density at radius 3 is 1.84 bits per heavy atom. The van der Waals surface area contributed by atoms with Crippen molar-refractivity contribution < 1.29 is 13.5 Å². The summed E-state index contributed by atoms with van der Waals surface area (Å²) in [7, 11) is 0. The molecule has 170 valence electrons. The molecule has 0 atom stereocenters. The first-order chi connectivity index (χ1) is 15.6. The van der Waals surface area contributed by atoms with Gasteiger partial charge in [0.25, 0.3) is 0 Å². The van der Waals surface area contributed by atoms with E-state index in [1.807, 2.05) is 48.5 Å². The maximum absolute atomic E-state index is 14.7. The Bertz CT molecular complexity index is 962. The molecule has 0 aromatic heterocycles. The van der Waals surface area contributed by atoms with Crippen molar-refractivity contribution in [2.24, 2.45) is 0 Å². The predicted molar refractivity (Wildman–Crippen MR) is 130 cm³/mol. The topological polar surface area (TPSA) is 9.23 Å². The third-order valence-electron chi connectivity index (χ3n) is 5.86. The summed E-state index contributed by atoms with van der Waals surface area (Å²) >= 11 is 0. The fourth-order valence-electron chi connectivity index (χ4n) is 3.88. The van der Waals surface area contributed by atoms with Crippen LogP contribution in [0.25, 0.3) is 22.3 Å². The van der Waals surface area contributed by atoms with E-state index < -0.39 is 11.6 Å². The second kappa shape index (κ2) is 12.4. The Morgan fingerprint density at radius 2 is 1.19 bits per heavy atom. The van der Waals surface area contributed by atoms with Crippen LogP contribution in [0.15, 0.2) is 60.7 Å². The van der Waals surface area contributed by atoms with Gasteiger partial charge in [0.15, 0.2) is 11.6 Å². The second-order valence-corrected chi connectivity index (χ2v) is 8.37. The van der Waals surface area contributed by atoms with E-state index in [9.17, 15) is 8.78 Å². The van der Waals surface area contributed by atoms with E-state index in [1.54, 1.807) is 12.1 Å². The lowest BCUT2D eigenvalue weighted by Crippen LogP contribution is -1.98. The fraction of sp³-hybridized carbons (Fsp3) is 0.379. The van der Waals surface area contributed by atoms with Crippen molar-refractivity contribution in [3.05, 3.63) is 77.9 Å². The number of halogens is 2. The van der Waals surface area contributed by atoms with Crippen LogP contribution in [-0.2, 0) is 6.42 Å². The highest BCUT2D eigenvalue weighted by Crippen LogP contribution is 2.30. The fourth-order valence-corrected chi connectivity index (χ4v) is 3.88. The molecule has 0 aliphatic heterocycles. The Balaban J connectivity index is 1.65. The molecule has 0 unspecified atom stereocenters. The van der Waals surface area contributed by atoms with Gasteiger partial charge in [0.1, 0.15) is 5.75 Å². The van der Waals surface area contributed by atoms with Crippen molar-refractivity contribution in [3.8, 4) is 28.0 Å². The molecule has 1 nitrogen and oxygen atoms in total. The lowest BCUT2D eigenvalue weighted by atomic mass is 9.97. The van der Waals surface area contributed by atoms with E-state index in [0.29, 0.717) is 23.1 Å². The van der Waals surface area contributed by atoms with Gasteiger partial charge in [0, 0.05) is 5.56 Å². The summed E-state index contributed by atoms with van der Waals surface area (Å²) in [6.07, 6.45) is 8.29. The molecule has 0 amide bonds. The van der Waals surface area contributed by atoms with Crippen LogP contribution < -0.4 is 4.74 Å². The molecule has 3 rings (SSSR count). The Morgan fingerprint density at radius 1 is 0.594 bits per heavy atom. The van der Waals surface area contributed by atoms with E-state index in [1.165, 1.54) is 19.3 Å². The zero-order valence-corrected chi connectivity index (χ0v) is 19.3. The van der Waals surface area contributed by atoms with Crippen LogP contribution in [-0.4, -0.2) is 6.61 Å². The Hall–Kier alpha value is -2.68. The molecule has 0 spiro atoms. The summed E-state index contributed by atoms with van der Waals surface area (Å²) in [6.45, 7) is 5.04. The zero-order chi connectivity index (χ0) is 22.8. The van der Waals surface area contributed by atoms with Crippen LogP contribution in [0.3, 0.4) is 0 Å². The van der Waals surface area contributed by atoms with E-state index in [4.69, 9.17) is 4.74 Å². The van der Waals surface area contributed by atoms with Gasteiger partial charge >= 0.3 is 0 Å². The van der Waals surface area contributed by atoms with Crippen molar-refractivity contribution >= 4 is 0 Å². The number of rotatable bonds is 12. The minimum absolute atomic E-state index is 0.306. The highest BCUT2D eigenvalue weighted by Gasteiger charge is 2.14. The van der Waals surface area contributed by atoms with Crippen molar-refractivity contribution in [2.75, 3.05) is 6.61 Å². The molecule has 3 aromatic carbocycles. The van der Waals surface area contributed by atoms with Gasteiger partial charge in [-0.3, -0.25) is 0 Å². The highest BCUT2D eigenvalue weighted by molar-refractivity contribution is 5.71. The van der Waals surface area contributed by atoms with Gasteiger partial charge in [0.2, 0.25) is 0 Å². The maximum atomic E-state index is 14.7. The number of hydrogen-bond donors (Lipinski definition) is 0. The standard InChI is InChI=1S/C29H34F2O/c1-3-5-7-9-21-32-26-18-15-23(16-19-26)22-11-13-24(14-12-22)27-20-17-25(10-8-6-4-2)28(30)29(27)31/h11-20H,3-10,21H2,1-2H3. The molecular formula is C29H34F2O. The predicted octanol–water partition coefficient (Wildman–Crippen LogP) is 8.99. The van der Waals surface area contributed by atoms with Crippen LogP contribution in [0.2, 0.25) is 0 Å². The molecule has 0 aliphatic rings. The van der Waals surface area contributed by atoms with E-state index in [2.05, 4.69) is 13.8 Å². The Labute approximate surface area is 191 Å². The minimum atomic E-state index is -0.757. The van der Waals surface area contributed by atoms with Gasteiger partial charge in [-0.2, -0.15) is 0 Å². The number of ether oxygens (including phenoxy) is 1. The van der Waals surface area contributed by atoms with Crippen LogP contribution in [0.1, 0.15) is 64.4 Å². The molecule has 0 saturated heterocycles. The molecular weight excluding hydrogens is 402 g/mol. The SMILES string of the molecule is CCCCCCOc1ccc(-c2ccc(-c3ccc(CCCCC)c(F)c3F)cc2)cc1. The first-order valence-electron chi connectivity index (χ1n) is 11.9. The monoisotopic (exact) mass is 436 g/mol. The Kier molecular flexibility index (Phi) is 9.27. The van der Waals surface area contributed by atoms with Crippen LogP contribution in [0.4, 0.5) is 8.78 Å². The van der Waals surface area contributed by atoms with Gasteiger partial charge in [-0.25, -0.2) is 8.78 Å². The van der Waals surface area contributed by atoms with Crippen LogP contribution in [0.5, 0.6) is 5.75 Å². The molecule has 3 heteroatoms. The largest absolute Gasteiger partial charge is 0.494 e. The van der Waals surface area contributed by atoms with Gasteiger partial charge < -0.3 is 4.74 Å². The lowest BCUT2D eigenvalue weighted by molar-refractivity contribution is 0.305. The van der Waals surface area contributed by atoms with E-state index in [-0.39, 0.29) is 0 Å². The average Bonchev–Trinajstić information content (AvgIpc) is 2.82. The summed E-state index contributed by atoms with van der Waals surface area (Å²) in [5.74, 6) is -0.599. The third kappa shape index (κ3) is 6.41. The van der Waals surface area contributed by atoms with Crippen LogP contribution >= 0.6 is 0 Å². The van der Waals surface area contributed by atoms with Crippen LogP contribution in [0, 0.1) is 11.6 Å². The quantitative estimate of drug-likeness (QED) is 0.257. The average molecular weight is 437 g/mol. The molecule has 3 aromatic rings. The normalized spacial score (nSPS) is 11.0. The molecule has 0 heterocycles. The summed E-state index contributed by atoms with van der Waals surface area (Å²) < 4.78 is 35.0. The van der Waals surface area contributed by atoms with Crippen molar-refractivity contribution in [2.45, 2.75) is 65.2 Å². The smallest absolute Gasteiger partial charge is 0.166 e. The maximum Gasteiger partial charge on any atom is 0.166 e. The number of benzene rings is 3. The first kappa shape index (κ1) is 24.0. The summed E-state index contributed by atoms with van der Waals surface area (Å²) in [4.78, 5) is 0. The van der Waals surface area contributed by atoms with Crippen molar-refractivity contribution in [3.63, 3.8) is 0 Å². The number of unbranched alkanes of at least 4 members (excludes halogenated alkanes) is 5. The highest BCUT2D eigenvalue weighted by atomic mass is 19.2. The van der Waals surface area contributed by atoms with E-state index in [0.717, 1.165) is 49.2 Å². The van der Waals surface area contributed by atoms with Crippen molar-refractivity contribution in [1.82, 2.24) is 0 Å². The molecule has 0 fully saturated rings.